The molecule has 2 aromatic rings. The Kier molecular flexibility index (Phi) is 6.54. The maximum Gasteiger partial charge on any atom is 0.320 e. The zero-order valence-electron chi connectivity index (χ0n) is 17.6. The van der Waals surface area contributed by atoms with Crippen molar-refractivity contribution in [3.8, 4) is 0 Å². The fourth-order valence-electron chi connectivity index (χ4n) is 4.23. The lowest BCUT2D eigenvalue weighted by atomic mass is 10.1. The summed E-state index contributed by atoms with van der Waals surface area (Å²) in [5.74, 6) is 0.0443. The van der Waals surface area contributed by atoms with Crippen LogP contribution >= 0.6 is 0 Å². The summed E-state index contributed by atoms with van der Waals surface area (Å²) in [5, 5.41) is 4.28. The molecule has 8 nitrogen and oxygen atoms in total. The van der Waals surface area contributed by atoms with Crippen molar-refractivity contribution in [3.05, 3.63) is 36.0 Å². The number of urea groups is 1. The molecular weight excluding hydrogens is 382 g/mol. The number of benzene rings is 1. The summed E-state index contributed by atoms with van der Waals surface area (Å²) in [7, 11) is 0. The second-order valence-electron chi connectivity index (χ2n) is 7.98. The molecule has 0 saturated carbocycles. The number of carbonyl (C=O) groups excluding carboxylic acids is 2. The summed E-state index contributed by atoms with van der Waals surface area (Å²) < 4.78 is 5.32. The van der Waals surface area contributed by atoms with E-state index in [1.807, 2.05) is 35.1 Å². The van der Waals surface area contributed by atoms with Crippen molar-refractivity contribution in [2.45, 2.75) is 19.4 Å². The van der Waals surface area contributed by atoms with Crippen molar-refractivity contribution < 1.29 is 14.3 Å². The lowest BCUT2D eigenvalue weighted by molar-refractivity contribution is -0.126. The fraction of sp³-hybridized carbons (Fsp3) is 0.545. The third-order valence-electron chi connectivity index (χ3n) is 6.16. The predicted molar refractivity (Wildman–Crippen MR) is 115 cm³/mol. The zero-order chi connectivity index (χ0) is 20.9. The largest absolute Gasteiger partial charge is 0.378 e. The van der Waals surface area contributed by atoms with Gasteiger partial charge in [0.1, 0.15) is 0 Å². The normalized spacial score (nSPS) is 19.1. The Hall–Kier alpha value is -2.58. The summed E-state index contributed by atoms with van der Waals surface area (Å²) in [6, 6.07) is 8.10. The highest BCUT2D eigenvalue weighted by molar-refractivity contribution is 5.83. The SMILES string of the molecule is CC(C(=O)NCCc1c[nH]c2ccccc12)N1CCN(C(=O)N2CCOCC2)CC1. The maximum atomic E-state index is 12.6. The van der Waals surface area contributed by atoms with E-state index in [4.69, 9.17) is 4.74 Å². The van der Waals surface area contributed by atoms with Crippen LogP contribution in [0.15, 0.2) is 30.5 Å². The molecule has 0 radical (unpaired) electrons. The molecule has 3 heterocycles. The average molecular weight is 414 g/mol. The first kappa shape index (κ1) is 20.7. The Balaban J connectivity index is 1.21. The smallest absolute Gasteiger partial charge is 0.320 e. The number of morpholine rings is 1. The van der Waals surface area contributed by atoms with Crippen molar-refractivity contribution in [1.29, 1.82) is 0 Å². The molecule has 2 aliphatic heterocycles. The summed E-state index contributed by atoms with van der Waals surface area (Å²) in [6.07, 6.45) is 2.81. The summed E-state index contributed by atoms with van der Waals surface area (Å²) in [4.78, 5) is 34.4. The van der Waals surface area contributed by atoms with Gasteiger partial charge in [0.2, 0.25) is 5.91 Å². The van der Waals surface area contributed by atoms with Crippen molar-refractivity contribution >= 4 is 22.8 Å². The van der Waals surface area contributed by atoms with Gasteiger partial charge in [0.15, 0.2) is 0 Å². The molecule has 0 aliphatic carbocycles. The second-order valence-corrected chi connectivity index (χ2v) is 7.98. The van der Waals surface area contributed by atoms with Gasteiger partial charge in [-0.15, -0.1) is 0 Å². The number of piperazine rings is 1. The third kappa shape index (κ3) is 4.60. The standard InChI is InChI=1S/C22H31N5O3/c1-17(21(28)23-7-6-18-16-24-20-5-3-2-4-19(18)20)25-8-10-26(11-9-25)22(29)27-12-14-30-15-13-27/h2-5,16-17,24H,6-15H2,1H3,(H,23,28). The number of para-hydroxylation sites is 1. The van der Waals surface area contributed by atoms with Crippen molar-refractivity contribution in [1.82, 2.24) is 25.0 Å². The second kappa shape index (κ2) is 9.49. The van der Waals surface area contributed by atoms with E-state index in [-0.39, 0.29) is 18.0 Å². The van der Waals surface area contributed by atoms with Crippen LogP contribution in [-0.4, -0.2) is 96.7 Å². The van der Waals surface area contributed by atoms with E-state index in [1.165, 1.54) is 10.9 Å². The first-order valence-corrected chi connectivity index (χ1v) is 10.8. The lowest BCUT2D eigenvalue weighted by Gasteiger charge is -2.40. The highest BCUT2D eigenvalue weighted by Gasteiger charge is 2.29. The molecule has 2 fully saturated rings. The van der Waals surface area contributed by atoms with Gasteiger partial charge < -0.3 is 24.8 Å². The molecule has 4 rings (SSSR count). The van der Waals surface area contributed by atoms with Gasteiger partial charge in [-0.2, -0.15) is 0 Å². The van der Waals surface area contributed by atoms with Crippen molar-refractivity contribution in [2.24, 2.45) is 0 Å². The number of H-pyrrole nitrogens is 1. The molecule has 30 heavy (non-hydrogen) atoms. The monoisotopic (exact) mass is 413 g/mol. The van der Waals surface area contributed by atoms with Crippen molar-refractivity contribution in [2.75, 3.05) is 59.0 Å². The lowest BCUT2D eigenvalue weighted by Crippen LogP contribution is -2.58. The molecule has 1 unspecified atom stereocenters. The van der Waals surface area contributed by atoms with Gasteiger partial charge in [0, 0.05) is 62.9 Å². The molecule has 1 atom stereocenters. The van der Waals surface area contributed by atoms with Crippen LogP contribution in [0.1, 0.15) is 12.5 Å². The third-order valence-corrected chi connectivity index (χ3v) is 6.16. The van der Waals surface area contributed by atoms with Gasteiger partial charge in [0.25, 0.3) is 0 Å². The Morgan fingerprint density at radius 3 is 2.53 bits per heavy atom. The van der Waals surface area contributed by atoms with E-state index in [2.05, 4.69) is 27.3 Å². The maximum absolute atomic E-state index is 12.6. The van der Waals surface area contributed by atoms with Gasteiger partial charge in [-0.1, -0.05) is 18.2 Å². The Morgan fingerprint density at radius 2 is 1.77 bits per heavy atom. The van der Waals surface area contributed by atoms with Crippen LogP contribution in [0.3, 0.4) is 0 Å². The number of nitrogens with zero attached hydrogens (tertiary/aromatic N) is 3. The van der Waals surface area contributed by atoms with Crippen LogP contribution in [0.4, 0.5) is 4.79 Å². The predicted octanol–water partition coefficient (Wildman–Crippen LogP) is 1.28. The number of amides is 3. The molecule has 3 amide bonds. The quantitative estimate of drug-likeness (QED) is 0.774. The number of ether oxygens (including phenoxy) is 1. The summed E-state index contributed by atoms with van der Waals surface area (Å²) in [6.45, 7) is 7.85. The van der Waals surface area contributed by atoms with Crippen LogP contribution in [0.25, 0.3) is 10.9 Å². The molecular formula is C22H31N5O3. The molecule has 8 heteroatoms. The van der Waals surface area contributed by atoms with Crippen LogP contribution < -0.4 is 5.32 Å². The number of nitrogens with one attached hydrogen (secondary N) is 2. The molecule has 0 spiro atoms. The van der Waals surface area contributed by atoms with Crippen LogP contribution in [0.5, 0.6) is 0 Å². The van der Waals surface area contributed by atoms with Gasteiger partial charge in [-0.3, -0.25) is 9.69 Å². The highest BCUT2D eigenvalue weighted by atomic mass is 16.5. The number of aromatic nitrogens is 1. The van der Waals surface area contributed by atoms with E-state index in [0.717, 1.165) is 11.9 Å². The first-order valence-electron chi connectivity index (χ1n) is 10.8. The highest BCUT2D eigenvalue weighted by Crippen LogP contribution is 2.17. The Bertz CT molecular complexity index is 869. The van der Waals surface area contributed by atoms with E-state index in [0.29, 0.717) is 59.0 Å². The minimum Gasteiger partial charge on any atom is -0.378 e. The van der Waals surface area contributed by atoms with Crippen molar-refractivity contribution in [3.63, 3.8) is 0 Å². The Morgan fingerprint density at radius 1 is 1.07 bits per heavy atom. The molecule has 2 saturated heterocycles. The van der Waals surface area contributed by atoms with Crippen LogP contribution in [-0.2, 0) is 16.0 Å². The zero-order valence-corrected chi connectivity index (χ0v) is 17.6. The number of hydrogen-bond acceptors (Lipinski definition) is 4. The molecule has 2 N–H and O–H groups in total. The fourth-order valence-corrected chi connectivity index (χ4v) is 4.23. The van der Waals surface area contributed by atoms with Gasteiger partial charge in [-0.25, -0.2) is 4.79 Å². The van der Waals surface area contributed by atoms with Gasteiger partial charge in [0.05, 0.1) is 19.3 Å². The summed E-state index contributed by atoms with van der Waals surface area (Å²) in [5.41, 5.74) is 2.34. The van der Waals surface area contributed by atoms with Gasteiger partial charge >= 0.3 is 6.03 Å². The first-order chi connectivity index (χ1) is 14.6. The molecule has 0 bridgehead atoms. The number of rotatable bonds is 5. The van der Waals surface area contributed by atoms with E-state index >= 15 is 0 Å². The van der Waals surface area contributed by atoms with Crippen LogP contribution in [0.2, 0.25) is 0 Å². The van der Waals surface area contributed by atoms with E-state index < -0.39 is 0 Å². The number of aromatic amines is 1. The molecule has 1 aromatic heterocycles. The van der Waals surface area contributed by atoms with Gasteiger partial charge in [-0.05, 0) is 25.0 Å². The molecule has 1 aromatic carbocycles. The molecule has 2 aliphatic rings. The van der Waals surface area contributed by atoms with Crippen LogP contribution in [0, 0.1) is 0 Å². The topological polar surface area (TPSA) is 80.9 Å². The average Bonchev–Trinajstić information content (AvgIpc) is 3.22. The minimum atomic E-state index is -0.200. The number of fused-ring (bicyclic) bond motifs is 1. The Labute approximate surface area is 177 Å². The summed E-state index contributed by atoms with van der Waals surface area (Å²) >= 11 is 0. The van der Waals surface area contributed by atoms with E-state index in [9.17, 15) is 9.59 Å². The van der Waals surface area contributed by atoms with E-state index in [1.54, 1.807) is 0 Å². The number of carbonyl (C=O) groups is 2. The minimum absolute atomic E-state index is 0.0443. The molecule has 162 valence electrons. The number of hydrogen-bond donors (Lipinski definition) is 2.